The highest BCUT2D eigenvalue weighted by atomic mass is 16.5. The lowest BCUT2D eigenvalue weighted by Crippen LogP contribution is -2.53. The average molecular weight is 444 g/mol. The Morgan fingerprint density at radius 3 is 2.62 bits per heavy atom. The molecule has 1 fully saturated rings. The third-order valence-electron chi connectivity index (χ3n) is 5.96. The van der Waals surface area contributed by atoms with E-state index in [1.807, 2.05) is 43.9 Å². The van der Waals surface area contributed by atoms with E-state index in [9.17, 15) is 4.79 Å². The maximum atomic E-state index is 12.5. The molecule has 8 heteroatoms. The first-order valence-electron chi connectivity index (χ1n) is 11.5. The van der Waals surface area contributed by atoms with Crippen molar-refractivity contribution in [3.05, 3.63) is 47.6 Å². The van der Waals surface area contributed by atoms with Crippen LogP contribution in [0.5, 0.6) is 0 Å². The van der Waals surface area contributed by atoms with Crippen molar-refractivity contribution in [3.63, 3.8) is 0 Å². The van der Waals surface area contributed by atoms with Crippen LogP contribution in [0.25, 0.3) is 0 Å². The molecular formula is C24H37N5O3. The van der Waals surface area contributed by atoms with Crippen molar-refractivity contribution in [3.8, 4) is 0 Å². The van der Waals surface area contributed by atoms with E-state index < -0.39 is 0 Å². The lowest BCUT2D eigenvalue weighted by molar-refractivity contribution is 0.00897. The highest BCUT2D eigenvalue weighted by Gasteiger charge is 2.25. The topological polar surface area (TPSA) is 83.7 Å². The molecule has 0 aliphatic carbocycles. The molecule has 0 spiro atoms. The molecule has 2 aromatic rings. The summed E-state index contributed by atoms with van der Waals surface area (Å²) in [6.07, 6.45) is 3.20. The second-order valence-electron chi connectivity index (χ2n) is 9.22. The number of rotatable bonds is 10. The number of hydrogen-bond donors (Lipinski definition) is 1. The second kappa shape index (κ2) is 11.4. The molecule has 1 aliphatic heterocycles. The minimum atomic E-state index is -0.244. The normalized spacial score (nSPS) is 16.2. The van der Waals surface area contributed by atoms with Crippen LogP contribution in [0.1, 0.15) is 50.9 Å². The van der Waals surface area contributed by atoms with Gasteiger partial charge in [0.05, 0.1) is 5.60 Å². The molecule has 0 radical (unpaired) electrons. The lowest BCUT2D eigenvalue weighted by Gasteiger charge is -2.36. The van der Waals surface area contributed by atoms with E-state index in [2.05, 4.69) is 32.5 Å². The molecule has 0 saturated carbocycles. The summed E-state index contributed by atoms with van der Waals surface area (Å²) in [7, 11) is 1.70. The number of amides is 2. The zero-order chi connectivity index (χ0) is 23.0. The molecule has 2 heterocycles. The Hall–Kier alpha value is -2.45. The third kappa shape index (κ3) is 7.60. The molecule has 32 heavy (non-hydrogen) atoms. The number of aromatic nitrogens is 2. The summed E-state index contributed by atoms with van der Waals surface area (Å²) < 4.78 is 10.9. The molecule has 0 bridgehead atoms. The number of nitrogens with one attached hydrogen (secondary N) is 1. The monoisotopic (exact) mass is 443 g/mol. The second-order valence-corrected chi connectivity index (χ2v) is 9.22. The van der Waals surface area contributed by atoms with Gasteiger partial charge in [0, 0.05) is 52.2 Å². The predicted octanol–water partition coefficient (Wildman–Crippen LogP) is 3.12. The van der Waals surface area contributed by atoms with Gasteiger partial charge in [-0.15, -0.1) is 0 Å². The van der Waals surface area contributed by atoms with Gasteiger partial charge in [0.15, 0.2) is 5.82 Å². The number of piperazine rings is 1. The van der Waals surface area contributed by atoms with Crippen molar-refractivity contribution < 1.29 is 14.1 Å². The van der Waals surface area contributed by atoms with Crippen molar-refractivity contribution in [1.29, 1.82) is 0 Å². The number of ether oxygens (including phenoxy) is 1. The van der Waals surface area contributed by atoms with Crippen LogP contribution in [0.2, 0.25) is 0 Å². The van der Waals surface area contributed by atoms with Crippen molar-refractivity contribution in [2.75, 3.05) is 39.8 Å². The minimum absolute atomic E-state index is 0.0147. The van der Waals surface area contributed by atoms with Crippen LogP contribution >= 0.6 is 0 Å². The Kier molecular flexibility index (Phi) is 8.64. The van der Waals surface area contributed by atoms with E-state index in [0.717, 1.165) is 57.8 Å². The quantitative estimate of drug-likeness (QED) is 0.607. The Labute approximate surface area is 191 Å². The van der Waals surface area contributed by atoms with Gasteiger partial charge in [0.1, 0.15) is 0 Å². The fourth-order valence-corrected chi connectivity index (χ4v) is 4.04. The largest absolute Gasteiger partial charge is 0.379 e. The van der Waals surface area contributed by atoms with Crippen LogP contribution in [-0.2, 0) is 17.6 Å². The first-order chi connectivity index (χ1) is 15.3. The number of benzene rings is 1. The fraction of sp³-hybridized carbons (Fsp3) is 0.625. The molecule has 1 aromatic heterocycles. The summed E-state index contributed by atoms with van der Waals surface area (Å²) in [6, 6.07) is 10.2. The van der Waals surface area contributed by atoms with Crippen LogP contribution in [0.4, 0.5) is 4.79 Å². The number of nitrogens with zero attached hydrogens (tertiary/aromatic N) is 4. The zero-order valence-electron chi connectivity index (χ0n) is 19.8. The van der Waals surface area contributed by atoms with Gasteiger partial charge >= 0.3 is 6.03 Å². The average Bonchev–Trinajstić information content (AvgIpc) is 3.21. The summed E-state index contributed by atoms with van der Waals surface area (Å²) in [4.78, 5) is 21.4. The standard InChI is InChI=1S/C24H37N5O3/c1-19(18-24(2,3)31-4)25-23(30)29-15-13-28(14-16-29)12-8-11-22-26-21(27-32-22)17-20-9-6-5-7-10-20/h5-7,9-10,19H,8,11-18H2,1-4H3,(H,25,30). The van der Waals surface area contributed by atoms with E-state index in [1.54, 1.807) is 7.11 Å². The number of aryl methyl sites for hydroxylation is 1. The van der Waals surface area contributed by atoms with E-state index in [4.69, 9.17) is 9.26 Å². The molecule has 1 aromatic carbocycles. The number of carbonyl (C=O) groups excluding carboxylic acids is 1. The van der Waals surface area contributed by atoms with Gasteiger partial charge in [-0.25, -0.2) is 4.79 Å². The minimum Gasteiger partial charge on any atom is -0.379 e. The van der Waals surface area contributed by atoms with Gasteiger partial charge in [-0.3, -0.25) is 4.90 Å². The maximum Gasteiger partial charge on any atom is 0.317 e. The Bertz CT molecular complexity index is 831. The van der Waals surface area contributed by atoms with Gasteiger partial charge in [-0.05, 0) is 45.7 Å². The maximum absolute atomic E-state index is 12.5. The van der Waals surface area contributed by atoms with Crippen LogP contribution < -0.4 is 5.32 Å². The third-order valence-corrected chi connectivity index (χ3v) is 5.96. The summed E-state index contributed by atoms with van der Waals surface area (Å²) in [6.45, 7) is 10.3. The van der Waals surface area contributed by atoms with Crippen molar-refractivity contribution >= 4 is 6.03 Å². The van der Waals surface area contributed by atoms with Crippen LogP contribution in [-0.4, -0.2) is 77.4 Å². The van der Waals surface area contributed by atoms with Gasteiger partial charge < -0.3 is 19.5 Å². The van der Waals surface area contributed by atoms with E-state index in [1.165, 1.54) is 5.56 Å². The first kappa shape index (κ1) is 24.2. The van der Waals surface area contributed by atoms with E-state index in [0.29, 0.717) is 12.3 Å². The molecule has 176 valence electrons. The Morgan fingerprint density at radius 2 is 1.94 bits per heavy atom. The van der Waals surface area contributed by atoms with Crippen LogP contribution in [0.15, 0.2) is 34.9 Å². The molecule has 2 amide bonds. The SMILES string of the molecule is COC(C)(C)CC(C)NC(=O)N1CCN(CCCc2nc(Cc3ccccc3)no2)CC1. The van der Waals surface area contributed by atoms with Gasteiger partial charge in [-0.1, -0.05) is 35.5 Å². The van der Waals surface area contributed by atoms with Crippen molar-refractivity contribution in [2.24, 2.45) is 0 Å². The molecule has 1 saturated heterocycles. The van der Waals surface area contributed by atoms with Gasteiger partial charge in [0.25, 0.3) is 0 Å². The van der Waals surface area contributed by atoms with Crippen molar-refractivity contribution in [1.82, 2.24) is 25.3 Å². The predicted molar refractivity (Wildman–Crippen MR) is 124 cm³/mol. The molecule has 1 N–H and O–H groups in total. The van der Waals surface area contributed by atoms with Crippen molar-refractivity contribution in [2.45, 2.75) is 58.1 Å². The first-order valence-corrected chi connectivity index (χ1v) is 11.5. The smallest absolute Gasteiger partial charge is 0.317 e. The zero-order valence-corrected chi connectivity index (χ0v) is 19.8. The summed E-state index contributed by atoms with van der Waals surface area (Å²) in [5.41, 5.74) is 0.935. The molecule has 1 atom stereocenters. The van der Waals surface area contributed by atoms with Crippen LogP contribution in [0.3, 0.4) is 0 Å². The number of carbonyl (C=O) groups is 1. The highest BCUT2D eigenvalue weighted by molar-refractivity contribution is 5.74. The molecule has 3 rings (SSSR count). The molecule has 1 aliphatic rings. The Balaban J connectivity index is 1.33. The van der Waals surface area contributed by atoms with E-state index in [-0.39, 0.29) is 17.7 Å². The molecule has 1 unspecified atom stereocenters. The number of hydrogen-bond acceptors (Lipinski definition) is 6. The molecule has 8 nitrogen and oxygen atoms in total. The Morgan fingerprint density at radius 1 is 1.22 bits per heavy atom. The molecular weight excluding hydrogens is 406 g/mol. The van der Waals surface area contributed by atoms with E-state index >= 15 is 0 Å². The number of methoxy groups -OCH3 is 1. The highest BCUT2D eigenvalue weighted by Crippen LogP contribution is 2.16. The summed E-state index contributed by atoms with van der Waals surface area (Å²) in [5.74, 6) is 1.43. The van der Waals surface area contributed by atoms with Gasteiger partial charge in [-0.2, -0.15) is 4.98 Å². The van der Waals surface area contributed by atoms with Crippen LogP contribution in [0, 0.1) is 0 Å². The number of urea groups is 1. The van der Waals surface area contributed by atoms with Gasteiger partial charge in [0.2, 0.25) is 5.89 Å². The lowest BCUT2D eigenvalue weighted by atomic mass is 10.00. The summed E-state index contributed by atoms with van der Waals surface area (Å²) >= 11 is 0. The summed E-state index contributed by atoms with van der Waals surface area (Å²) in [5, 5.41) is 7.20. The fourth-order valence-electron chi connectivity index (χ4n) is 4.04.